The molecule has 0 bridgehead atoms. The van der Waals surface area contributed by atoms with Crippen LogP contribution in [0, 0.1) is 0 Å². The van der Waals surface area contributed by atoms with Gasteiger partial charge >= 0.3 is 0 Å². The lowest BCUT2D eigenvalue weighted by molar-refractivity contribution is 0.284. The van der Waals surface area contributed by atoms with E-state index in [9.17, 15) is 4.79 Å². The Kier molecular flexibility index (Phi) is 5.36. The van der Waals surface area contributed by atoms with Crippen LogP contribution in [0.4, 0.5) is 0 Å². The highest BCUT2D eigenvalue weighted by atomic mass is 35.5. The highest BCUT2D eigenvalue weighted by Gasteiger charge is 2.10. The van der Waals surface area contributed by atoms with Crippen molar-refractivity contribution >= 4 is 24.3 Å². The zero-order valence-electron chi connectivity index (χ0n) is 15.9. The quantitative estimate of drug-likeness (QED) is 0.480. The summed E-state index contributed by atoms with van der Waals surface area (Å²) < 4.78 is 12.5. The summed E-state index contributed by atoms with van der Waals surface area (Å²) in [6.07, 6.45) is 1.69. The summed E-state index contributed by atoms with van der Waals surface area (Å²) in [6.45, 7) is 4.16. The van der Waals surface area contributed by atoms with Crippen molar-refractivity contribution in [3.63, 3.8) is 0 Å². The Balaban J connectivity index is 1.69. The second kappa shape index (κ2) is 8.26. The van der Waals surface area contributed by atoms with Gasteiger partial charge < -0.3 is 9.47 Å². The van der Waals surface area contributed by atoms with Crippen molar-refractivity contribution in [3.8, 4) is 17.4 Å². The molecule has 0 spiro atoms. The van der Waals surface area contributed by atoms with E-state index in [1.807, 2.05) is 24.3 Å². The van der Waals surface area contributed by atoms with E-state index in [-0.39, 0.29) is 18.1 Å². The van der Waals surface area contributed by atoms with Gasteiger partial charge in [0, 0.05) is 10.6 Å². The summed E-state index contributed by atoms with van der Waals surface area (Å²) in [5.41, 5.74) is 1.23. The summed E-state index contributed by atoms with van der Waals surface area (Å²) in [7, 11) is 1.56. The SMILES string of the molecule is C=c1[nH]n(-c2nn[nH]n2)c(=O)c1=Cc1ccc(OC)c(OCc2ccccc2Cl)c1. The molecule has 2 N–H and O–H groups in total. The minimum atomic E-state index is -0.351. The van der Waals surface area contributed by atoms with Gasteiger partial charge in [0.1, 0.15) is 6.61 Å². The number of aromatic amines is 2. The highest BCUT2D eigenvalue weighted by molar-refractivity contribution is 6.31. The second-order valence-electron chi connectivity index (χ2n) is 6.29. The fourth-order valence-corrected chi connectivity index (χ4v) is 3.06. The lowest BCUT2D eigenvalue weighted by atomic mass is 10.1. The van der Waals surface area contributed by atoms with Gasteiger partial charge in [0.15, 0.2) is 11.5 Å². The number of nitrogens with zero attached hydrogens (tertiary/aromatic N) is 4. The van der Waals surface area contributed by atoms with Crippen LogP contribution in [0.2, 0.25) is 5.02 Å². The molecule has 0 saturated heterocycles. The fraction of sp³-hybridized carbons (Fsp3) is 0.100. The molecule has 2 aromatic heterocycles. The number of methoxy groups -OCH3 is 1. The van der Waals surface area contributed by atoms with Crippen molar-refractivity contribution in [2.24, 2.45) is 0 Å². The molecule has 0 amide bonds. The van der Waals surface area contributed by atoms with Crippen LogP contribution < -0.4 is 25.6 Å². The molecule has 10 heteroatoms. The Morgan fingerprint density at radius 3 is 2.80 bits per heavy atom. The number of aromatic nitrogens is 6. The first-order valence-electron chi connectivity index (χ1n) is 8.86. The number of halogens is 1. The molecule has 0 unspecified atom stereocenters. The zero-order chi connectivity index (χ0) is 21.1. The first-order valence-corrected chi connectivity index (χ1v) is 9.24. The molecular formula is C20H17ClN6O3. The number of ether oxygens (including phenoxy) is 2. The summed E-state index contributed by atoms with van der Waals surface area (Å²) >= 11 is 6.20. The Morgan fingerprint density at radius 1 is 1.23 bits per heavy atom. The van der Waals surface area contributed by atoms with Gasteiger partial charge in [0.05, 0.1) is 17.7 Å². The van der Waals surface area contributed by atoms with E-state index in [2.05, 4.69) is 32.3 Å². The molecule has 4 rings (SSSR count). The van der Waals surface area contributed by atoms with Crippen molar-refractivity contribution in [2.75, 3.05) is 7.11 Å². The molecule has 4 aromatic rings. The van der Waals surface area contributed by atoms with Gasteiger partial charge in [0.2, 0.25) is 0 Å². The number of H-pyrrole nitrogens is 2. The van der Waals surface area contributed by atoms with Gasteiger partial charge in [0.25, 0.3) is 11.5 Å². The molecule has 9 nitrogen and oxygen atoms in total. The van der Waals surface area contributed by atoms with E-state index < -0.39 is 0 Å². The standard InChI is InChI=1S/C20H17ClN6O3/c1-12-15(19(28)27(24-12)20-22-25-26-23-20)9-13-7-8-17(29-2)18(10-13)30-11-14-5-3-4-6-16(14)21/h3-10,24H,1,11H2,2H3,(H,22,23,25,26). The van der Waals surface area contributed by atoms with Crippen molar-refractivity contribution in [2.45, 2.75) is 6.61 Å². The average molecular weight is 425 g/mol. The third-order valence-corrected chi connectivity index (χ3v) is 4.75. The first kappa shape index (κ1) is 19.5. The van der Waals surface area contributed by atoms with E-state index in [0.29, 0.717) is 27.1 Å². The Hall–Kier alpha value is -3.85. The number of tetrazole rings is 1. The highest BCUT2D eigenvalue weighted by Crippen LogP contribution is 2.29. The lowest BCUT2D eigenvalue weighted by Gasteiger charge is -2.12. The molecule has 152 valence electrons. The van der Waals surface area contributed by atoms with Crippen LogP contribution in [0.15, 0.2) is 47.3 Å². The molecule has 0 fully saturated rings. The maximum atomic E-state index is 12.7. The number of nitrogens with one attached hydrogen (secondary N) is 2. The molecule has 2 heterocycles. The molecule has 0 saturated carbocycles. The maximum absolute atomic E-state index is 12.7. The third kappa shape index (κ3) is 3.83. The summed E-state index contributed by atoms with van der Waals surface area (Å²) in [6, 6.07) is 12.8. The van der Waals surface area contributed by atoms with E-state index in [4.69, 9.17) is 21.1 Å². The number of hydrogen-bond donors (Lipinski definition) is 2. The summed E-state index contributed by atoms with van der Waals surface area (Å²) in [4.78, 5) is 12.7. The normalized spacial score (nSPS) is 11.6. The van der Waals surface area contributed by atoms with Crippen LogP contribution in [0.5, 0.6) is 11.5 Å². The minimum Gasteiger partial charge on any atom is -0.493 e. The van der Waals surface area contributed by atoms with E-state index in [1.54, 1.807) is 31.4 Å². The number of hydrogen-bond acceptors (Lipinski definition) is 6. The predicted molar refractivity (Wildman–Crippen MR) is 111 cm³/mol. The zero-order valence-corrected chi connectivity index (χ0v) is 16.7. The molecule has 2 aromatic carbocycles. The van der Waals surface area contributed by atoms with Crippen LogP contribution >= 0.6 is 11.6 Å². The van der Waals surface area contributed by atoms with E-state index in [0.717, 1.165) is 15.8 Å². The maximum Gasteiger partial charge on any atom is 0.291 e. The second-order valence-corrected chi connectivity index (χ2v) is 6.70. The van der Waals surface area contributed by atoms with Crippen molar-refractivity contribution in [1.82, 2.24) is 30.4 Å². The van der Waals surface area contributed by atoms with Gasteiger partial charge in [-0.25, -0.2) is 0 Å². The molecule has 0 radical (unpaired) electrons. The van der Waals surface area contributed by atoms with Crippen LogP contribution in [0.3, 0.4) is 0 Å². The largest absolute Gasteiger partial charge is 0.493 e. The molecule has 0 aliphatic rings. The predicted octanol–water partition coefficient (Wildman–Crippen LogP) is 1.16. The molecule has 0 aliphatic carbocycles. The average Bonchev–Trinajstić information content (AvgIpc) is 3.37. The van der Waals surface area contributed by atoms with Gasteiger partial charge in [-0.2, -0.15) is 9.90 Å². The third-order valence-electron chi connectivity index (χ3n) is 4.38. The summed E-state index contributed by atoms with van der Waals surface area (Å²) in [5, 5.41) is 17.6. The van der Waals surface area contributed by atoms with Gasteiger partial charge in [-0.05, 0) is 35.1 Å². The van der Waals surface area contributed by atoms with Crippen LogP contribution in [-0.4, -0.2) is 37.5 Å². The van der Waals surface area contributed by atoms with E-state index in [1.165, 1.54) is 0 Å². The summed E-state index contributed by atoms with van der Waals surface area (Å²) in [5.74, 6) is 1.18. The van der Waals surface area contributed by atoms with E-state index >= 15 is 0 Å². The lowest BCUT2D eigenvalue weighted by Crippen LogP contribution is -2.34. The topological polar surface area (TPSA) is 111 Å². The van der Waals surface area contributed by atoms with Crippen LogP contribution in [-0.2, 0) is 6.61 Å². The minimum absolute atomic E-state index is 0.100. The number of rotatable bonds is 6. The van der Waals surface area contributed by atoms with Crippen LogP contribution in [0.1, 0.15) is 11.1 Å². The van der Waals surface area contributed by atoms with Gasteiger partial charge in [-0.1, -0.05) is 47.5 Å². The fourth-order valence-electron chi connectivity index (χ4n) is 2.87. The molecular weight excluding hydrogens is 408 g/mol. The first-order chi connectivity index (χ1) is 14.6. The molecule has 0 aliphatic heterocycles. The smallest absolute Gasteiger partial charge is 0.291 e. The molecule has 0 atom stereocenters. The van der Waals surface area contributed by atoms with Crippen molar-refractivity contribution in [1.29, 1.82) is 0 Å². The van der Waals surface area contributed by atoms with Crippen LogP contribution in [0.25, 0.3) is 18.6 Å². The monoisotopic (exact) mass is 424 g/mol. The Bertz CT molecular complexity index is 1340. The Morgan fingerprint density at radius 2 is 2.07 bits per heavy atom. The Labute approximate surface area is 175 Å². The van der Waals surface area contributed by atoms with Crippen molar-refractivity contribution < 1.29 is 9.47 Å². The van der Waals surface area contributed by atoms with Gasteiger partial charge in [-0.3, -0.25) is 9.89 Å². The van der Waals surface area contributed by atoms with Crippen molar-refractivity contribution in [3.05, 3.63) is 79.5 Å². The van der Waals surface area contributed by atoms with Gasteiger partial charge in [-0.15, -0.1) is 5.10 Å². The molecule has 30 heavy (non-hydrogen) atoms. The number of benzene rings is 2.